The third-order valence-corrected chi connectivity index (χ3v) is 2.48. The highest BCUT2D eigenvalue weighted by Gasteiger charge is 2.12. The highest BCUT2D eigenvalue weighted by Crippen LogP contribution is 2.22. The summed E-state index contributed by atoms with van der Waals surface area (Å²) in [5, 5.41) is 3.07. The van der Waals surface area contributed by atoms with Crippen molar-refractivity contribution >= 4 is 17.4 Å². The van der Waals surface area contributed by atoms with Crippen LogP contribution in [0, 0.1) is 5.82 Å². The summed E-state index contributed by atoms with van der Waals surface area (Å²) in [5.74, 6) is -0.368. The maximum Gasteiger partial charge on any atom is 0.141 e. The first-order valence-electron chi connectivity index (χ1n) is 4.66. The van der Waals surface area contributed by atoms with E-state index >= 15 is 0 Å². The summed E-state index contributed by atoms with van der Waals surface area (Å²) >= 11 is 5.66. The second-order valence-electron chi connectivity index (χ2n) is 3.42. The lowest BCUT2D eigenvalue weighted by Crippen LogP contribution is -2.19. The van der Waals surface area contributed by atoms with E-state index in [1.807, 2.05) is 0 Å². The van der Waals surface area contributed by atoms with Crippen molar-refractivity contribution in [3.63, 3.8) is 0 Å². The first-order valence-corrected chi connectivity index (χ1v) is 5.04. The monoisotopic (exact) mass is 229 g/mol. The molecule has 4 heteroatoms. The van der Waals surface area contributed by atoms with Gasteiger partial charge in [0.15, 0.2) is 0 Å². The smallest absolute Gasteiger partial charge is 0.141 e. The van der Waals surface area contributed by atoms with Gasteiger partial charge in [-0.3, -0.25) is 4.79 Å². The van der Waals surface area contributed by atoms with Crippen molar-refractivity contribution in [2.75, 3.05) is 7.05 Å². The summed E-state index contributed by atoms with van der Waals surface area (Å²) < 4.78 is 12.9. The van der Waals surface area contributed by atoms with Gasteiger partial charge in [-0.25, -0.2) is 4.39 Å². The number of benzene rings is 1. The van der Waals surface area contributed by atoms with E-state index < -0.39 is 5.82 Å². The van der Waals surface area contributed by atoms with E-state index in [9.17, 15) is 9.18 Å². The lowest BCUT2D eigenvalue weighted by molar-refractivity contribution is -0.117. The number of rotatable bonds is 4. The van der Waals surface area contributed by atoms with Crippen LogP contribution in [0.5, 0.6) is 0 Å². The second-order valence-corrected chi connectivity index (χ2v) is 3.83. The molecule has 0 aliphatic carbocycles. The molecular formula is C11H13ClFNO. The number of ketones is 1. The number of nitrogens with one attached hydrogen (secondary N) is 1. The molecule has 1 aromatic rings. The Labute approximate surface area is 93.4 Å². The van der Waals surface area contributed by atoms with Gasteiger partial charge in [0, 0.05) is 12.5 Å². The Balaban J connectivity index is 2.92. The average molecular weight is 230 g/mol. The van der Waals surface area contributed by atoms with Gasteiger partial charge in [-0.2, -0.15) is 0 Å². The number of halogens is 2. The van der Waals surface area contributed by atoms with Gasteiger partial charge in [-0.05, 0) is 31.7 Å². The zero-order valence-electron chi connectivity index (χ0n) is 8.68. The van der Waals surface area contributed by atoms with Crippen LogP contribution in [-0.2, 0) is 4.79 Å². The fourth-order valence-electron chi connectivity index (χ4n) is 1.40. The molecule has 0 saturated carbocycles. The standard InChI is InChI=1S/C11H13ClFNO/c1-7(15)5-11(14-2)8-3-4-10(13)9(12)6-8/h3-4,6,11,14H,5H2,1-2H3. The molecule has 1 N–H and O–H groups in total. The third kappa shape index (κ3) is 3.29. The van der Waals surface area contributed by atoms with Crippen LogP contribution >= 0.6 is 11.6 Å². The molecule has 1 unspecified atom stereocenters. The van der Waals surface area contributed by atoms with Gasteiger partial charge >= 0.3 is 0 Å². The molecule has 0 saturated heterocycles. The minimum Gasteiger partial charge on any atom is -0.313 e. The molecule has 0 heterocycles. The Morgan fingerprint density at radius 1 is 1.60 bits per heavy atom. The molecule has 0 fully saturated rings. The minimum absolute atomic E-state index is 0.0785. The molecule has 2 nitrogen and oxygen atoms in total. The number of carbonyl (C=O) groups excluding carboxylic acids is 1. The molecule has 1 aromatic carbocycles. The van der Waals surface area contributed by atoms with Crippen LogP contribution in [0.25, 0.3) is 0 Å². The minimum atomic E-state index is -0.446. The number of hydrogen-bond donors (Lipinski definition) is 1. The van der Waals surface area contributed by atoms with Crippen molar-refractivity contribution in [1.29, 1.82) is 0 Å². The van der Waals surface area contributed by atoms with E-state index in [-0.39, 0.29) is 16.8 Å². The van der Waals surface area contributed by atoms with Crippen LogP contribution in [0.2, 0.25) is 5.02 Å². The van der Waals surface area contributed by atoms with Gasteiger partial charge in [0.25, 0.3) is 0 Å². The lowest BCUT2D eigenvalue weighted by Gasteiger charge is -2.15. The van der Waals surface area contributed by atoms with Crippen LogP contribution in [-0.4, -0.2) is 12.8 Å². The van der Waals surface area contributed by atoms with Crippen molar-refractivity contribution in [1.82, 2.24) is 5.32 Å². The van der Waals surface area contributed by atoms with E-state index in [0.29, 0.717) is 6.42 Å². The Morgan fingerprint density at radius 2 is 2.27 bits per heavy atom. The maximum atomic E-state index is 12.9. The molecule has 0 aromatic heterocycles. The number of carbonyl (C=O) groups is 1. The predicted molar refractivity (Wildman–Crippen MR) is 58.5 cm³/mol. The van der Waals surface area contributed by atoms with Crippen molar-refractivity contribution in [3.05, 3.63) is 34.6 Å². The van der Waals surface area contributed by atoms with E-state index in [2.05, 4.69) is 5.32 Å². The van der Waals surface area contributed by atoms with Gasteiger partial charge in [-0.1, -0.05) is 17.7 Å². The summed E-state index contributed by atoms with van der Waals surface area (Å²) in [4.78, 5) is 11.0. The molecule has 0 aliphatic rings. The number of Topliss-reactive ketones (excluding diaryl/α,β-unsaturated/α-hetero) is 1. The summed E-state index contributed by atoms with van der Waals surface area (Å²) in [6, 6.07) is 4.37. The van der Waals surface area contributed by atoms with Crippen LogP contribution < -0.4 is 5.32 Å². The molecule has 0 amide bonds. The summed E-state index contributed by atoms with van der Waals surface area (Å²) in [6.07, 6.45) is 0.373. The van der Waals surface area contributed by atoms with Gasteiger partial charge in [-0.15, -0.1) is 0 Å². The molecule has 0 spiro atoms. The maximum absolute atomic E-state index is 12.9. The molecule has 15 heavy (non-hydrogen) atoms. The SMILES string of the molecule is CNC(CC(C)=O)c1ccc(F)c(Cl)c1. The topological polar surface area (TPSA) is 29.1 Å². The fourth-order valence-corrected chi connectivity index (χ4v) is 1.59. The van der Waals surface area contributed by atoms with Crippen molar-refractivity contribution in [3.8, 4) is 0 Å². The Morgan fingerprint density at radius 3 is 2.73 bits per heavy atom. The quantitative estimate of drug-likeness (QED) is 0.860. The summed E-state index contributed by atoms with van der Waals surface area (Å²) in [5.41, 5.74) is 0.819. The molecule has 0 aliphatic heterocycles. The molecule has 1 rings (SSSR count). The lowest BCUT2D eigenvalue weighted by atomic mass is 10.0. The van der Waals surface area contributed by atoms with E-state index in [0.717, 1.165) is 5.56 Å². The average Bonchev–Trinajstić information content (AvgIpc) is 2.18. The summed E-state index contributed by atoms with van der Waals surface area (Å²) in [7, 11) is 1.75. The van der Waals surface area contributed by atoms with Gasteiger partial charge in [0.2, 0.25) is 0 Å². The zero-order chi connectivity index (χ0) is 11.4. The van der Waals surface area contributed by atoms with Crippen LogP contribution in [0.15, 0.2) is 18.2 Å². The van der Waals surface area contributed by atoms with E-state index in [1.165, 1.54) is 13.0 Å². The molecule has 0 bridgehead atoms. The number of hydrogen-bond acceptors (Lipinski definition) is 2. The van der Waals surface area contributed by atoms with Crippen LogP contribution in [0.1, 0.15) is 24.9 Å². The molecule has 0 radical (unpaired) electrons. The molecule has 82 valence electrons. The molecular weight excluding hydrogens is 217 g/mol. The second kappa shape index (κ2) is 5.24. The first kappa shape index (κ1) is 12.1. The highest BCUT2D eigenvalue weighted by molar-refractivity contribution is 6.30. The van der Waals surface area contributed by atoms with Gasteiger partial charge < -0.3 is 5.32 Å². The van der Waals surface area contributed by atoms with Crippen molar-refractivity contribution < 1.29 is 9.18 Å². The zero-order valence-corrected chi connectivity index (χ0v) is 9.44. The van der Waals surface area contributed by atoms with Crippen molar-refractivity contribution in [2.24, 2.45) is 0 Å². The van der Waals surface area contributed by atoms with Crippen LogP contribution in [0.3, 0.4) is 0 Å². The summed E-state index contributed by atoms with van der Waals surface area (Å²) in [6.45, 7) is 1.52. The Bertz CT molecular complexity index is 368. The predicted octanol–water partition coefficient (Wildman–Crippen LogP) is 2.72. The Hall–Kier alpha value is -0.930. The van der Waals surface area contributed by atoms with Gasteiger partial charge in [0.05, 0.1) is 5.02 Å². The van der Waals surface area contributed by atoms with Crippen molar-refractivity contribution in [2.45, 2.75) is 19.4 Å². The third-order valence-electron chi connectivity index (χ3n) is 2.19. The highest BCUT2D eigenvalue weighted by atomic mass is 35.5. The Kier molecular flexibility index (Phi) is 4.24. The van der Waals surface area contributed by atoms with E-state index in [4.69, 9.17) is 11.6 Å². The largest absolute Gasteiger partial charge is 0.313 e. The normalized spacial score (nSPS) is 12.5. The molecule has 1 atom stereocenters. The van der Waals surface area contributed by atoms with Crippen LogP contribution in [0.4, 0.5) is 4.39 Å². The fraction of sp³-hybridized carbons (Fsp3) is 0.364. The van der Waals surface area contributed by atoms with E-state index in [1.54, 1.807) is 19.2 Å². The van der Waals surface area contributed by atoms with Gasteiger partial charge in [0.1, 0.15) is 11.6 Å². The first-order chi connectivity index (χ1) is 7.04.